The third-order valence-corrected chi connectivity index (χ3v) is 7.39. The molecule has 0 aromatic heterocycles. The number of fused-ring (bicyclic) bond motifs is 2. The predicted molar refractivity (Wildman–Crippen MR) is 156 cm³/mol. The van der Waals surface area contributed by atoms with Gasteiger partial charge in [0.1, 0.15) is 11.5 Å². The maximum Gasteiger partial charge on any atom is 0.336 e. The van der Waals surface area contributed by atoms with E-state index in [1.807, 2.05) is 0 Å². The molecule has 37 heavy (non-hydrogen) atoms. The van der Waals surface area contributed by atoms with Crippen LogP contribution >= 0.6 is 0 Å². The number of carboxylic acid groups (broad SMARTS) is 1. The Kier molecular flexibility index (Phi) is 6.81. The monoisotopic (exact) mass is 506 g/mol. The molecule has 3 rings (SSSR count). The summed E-state index contributed by atoms with van der Waals surface area (Å²) in [6.45, 7) is 33.1. The molecule has 3 nitrogen and oxygen atoms in total. The summed E-state index contributed by atoms with van der Waals surface area (Å²) in [4.78, 5) is 13.0. The zero-order valence-corrected chi connectivity index (χ0v) is 26.1. The average molecular weight is 507 g/mol. The quantitative estimate of drug-likeness (QED) is 0.357. The minimum atomic E-state index is -0.874. The molecule has 0 fully saturated rings. The number of carboxylic acids is 1. The molecule has 0 unspecified atom stereocenters. The predicted octanol–water partition coefficient (Wildman–Crippen LogP) is 9.57. The van der Waals surface area contributed by atoms with E-state index in [0.29, 0.717) is 12.0 Å². The van der Waals surface area contributed by atoms with Gasteiger partial charge in [0.05, 0.1) is 5.56 Å². The smallest absolute Gasteiger partial charge is 0.336 e. The molecule has 0 saturated carbocycles. The van der Waals surface area contributed by atoms with Gasteiger partial charge in [0.25, 0.3) is 0 Å². The second-order valence-electron chi connectivity index (χ2n) is 16.1. The van der Waals surface area contributed by atoms with Crippen LogP contribution in [0.4, 0.5) is 0 Å². The lowest BCUT2D eigenvalue weighted by atomic mass is 9.65. The Morgan fingerprint density at radius 3 is 1.46 bits per heavy atom. The van der Waals surface area contributed by atoms with E-state index in [9.17, 15) is 9.90 Å². The Morgan fingerprint density at radius 2 is 1.08 bits per heavy atom. The van der Waals surface area contributed by atoms with Gasteiger partial charge in [0, 0.05) is 23.1 Å². The highest BCUT2D eigenvalue weighted by atomic mass is 16.5. The molecule has 0 saturated heterocycles. The minimum Gasteiger partial charge on any atom is -0.478 e. The number of ether oxygens (including phenoxy) is 1. The van der Waals surface area contributed by atoms with Crippen LogP contribution in [-0.4, -0.2) is 11.1 Å². The van der Waals surface area contributed by atoms with E-state index < -0.39 is 5.97 Å². The van der Waals surface area contributed by atoms with Gasteiger partial charge < -0.3 is 9.84 Å². The van der Waals surface area contributed by atoms with Crippen LogP contribution in [0.2, 0.25) is 0 Å². The number of carbonyl (C=O) groups is 1. The minimum absolute atomic E-state index is 0.0486. The first-order chi connectivity index (χ1) is 16.4. The topological polar surface area (TPSA) is 46.5 Å². The molecule has 0 bridgehead atoms. The number of hydrogen-bond donors (Lipinski definition) is 1. The molecule has 0 aliphatic carbocycles. The first-order valence-corrected chi connectivity index (χ1v) is 13.7. The molecule has 204 valence electrons. The van der Waals surface area contributed by atoms with Gasteiger partial charge in [-0.25, -0.2) is 4.79 Å². The van der Waals surface area contributed by atoms with Gasteiger partial charge in [-0.15, -0.1) is 0 Å². The maximum atomic E-state index is 13.0. The third-order valence-electron chi connectivity index (χ3n) is 7.39. The van der Waals surface area contributed by atoms with Gasteiger partial charge in [0.2, 0.25) is 0 Å². The van der Waals surface area contributed by atoms with Crippen molar-refractivity contribution in [3.8, 4) is 11.5 Å². The summed E-state index contributed by atoms with van der Waals surface area (Å²) in [5.41, 5.74) is 6.92. The summed E-state index contributed by atoms with van der Waals surface area (Å²) >= 11 is 0. The fraction of sp³-hybridized carbons (Fsp3) is 0.618. The van der Waals surface area contributed by atoms with E-state index in [4.69, 9.17) is 4.74 Å². The molecule has 3 heteroatoms. The van der Waals surface area contributed by atoms with Crippen molar-refractivity contribution < 1.29 is 14.6 Å². The third kappa shape index (κ3) is 5.20. The molecule has 0 spiro atoms. The summed E-state index contributed by atoms with van der Waals surface area (Å²) in [5, 5.41) is 10.7. The summed E-state index contributed by atoms with van der Waals surface area (Å²) in [6, 6.07) is 4.39. The zero-order chi connectivity index (χ0) is 28.7. The van der Waals surface area contributed by atoms with E-state index >= 15 is 0 Å². The maximum absolute atomic E-state index is 13.0. The van der Waals surface area contributed by atoms with Crippen molar-refractivity contribution in [1.82, 2.24) is 0 Å². The van der Waals surface area contributed by atoms with Crippen LogP contribution < -0.4 is 4.74 Å². The van der Waals surface area contributed by atoms with Gasteiger partial charge >= 0.3 is 5.97 Å². The standard InChI is InChI=1S/C34H50O3/c1-30(2,3)21-17-16-19-18-20-22(29(35)36)24(32(7,8)9)25(33(10,11)12)26(34(13,14)15)28(20)37-27(19)23(21)31(4,5)6/h16-17H,18H2,1-15H3,(H,35,36). The average Bonchev–Trinajstić information content (AvgIpc) is 2.65. The molecule has 1 heterocycles. The number of aromatic carboxylic acids is 1. The van der Waals surface area contributed by atoms with E-state index in [1.54, 1.807) is 0 Å². The van der Waals surface area contributed by atoms with Crippen LogP contribution in [0.15, 0.2) is 12.1 Å². The lowest BCUT2D eigenvalue weighted by molar-refractivity contribution is 0.0692. The van der Waals surface area contributed by atoms with E-state index in [0.717, 1.165) is 39.3 Å². The van der Waals surface area contributed by atoms with Crippen LogP contribution in [0.3, 0.4) is 0 Å². The molecular formula is C34H50O3. The van der Waals surface area contributed by atoms with Gasteiger partial charge in [-0.1, -0.05) is 116 Å². The van der Waals surface area contributed by atoms with E-state index in [1.165, 1.54) is 11.1 Å². The Bertz CT molecular complexity index is 1240. The normalized spacial score (nSPS) is 14.7. The SMILES string of the molecule is CC(C)(C)c1ccc2c(c1C(C)(C)C)Oc1c(c(C(=O)O)c(C(C)(C)C)c(C(C)(C)C)c1C(C)(C)C)C2. The highest BCUT2D eigenvalue weighted by Gasteiger charge is 2.43. The first kappa shape index (κ1) is 29.3. The largest absolute Gasteiger partial charge is 0.478 e. The molecule has 0 radical (unpaired) electrons. The Hall–Kier alpha value is -2.29. The number of rotatable bonds is 1. The molecule has 1 N–H and O–H groups in total. The molecule has 2 aromatic rings. The van der Waals surface area contributed by atoms with Crippen molar-refractivity contribution in [1.29, 1.82) is 0 Å². The summed E-state index contributed by atoms with van der Waals surface area (Å²) in [6.07, 6.45) is 0.552. The fourth-order valence-corrected chi connectivity index (χ4v) is 6.06. The molecule has 0 amide bonds. The highest BCUT2D eigenvalue weighted by Crippen LogP contribution is 2.55. The second kappa shape index (κ2) is 8.61. The van der Waals surface area contributed by atoms with Crippen molar-refractivity contribution in [3.63, 3.8) is 0 Å². The first-order valence-electron chi connectivity index (χ1n) is 13.7. The van der Waals surface area contributed by atoms with Crippen molar-refractivity contribution >= 4 is 5.97 Å². The molecular weight excluding hydrogens is 456 g/mol. The lowest BCUT2D eigenvalue weighted by Gasteiger charge is -2.42. The fourth-order valence-electron chi connectivity index (χ4n) is 6.06. The second-order valence-corrected chi connectivity index (χ2v) is 16.1. The molecule has 2 aromatic carbocycles. The summed E-state index contributed by atoms with van der Waals surface area (Å²) < 4.78 is 7.06. The van der Waals surface area contributed by atoms with E-state index in [-0.39, 0.29) is 27.1 Å². The van der Waals surface area contributed by atoms with Crippen LogP contribution in [0.5, 0.6) is 11.5 Å². The van der Waals surface area contributed by atoms with Crippen molar-refractivity contribution in [2.24, 2.45) is 0 Å². The van der Waals surface area contributed by atoms with Gasteiger partial charge in [-0.3, -0.25) is 0 Å². The summed E-state index contributed by atoms with van der Waals surface area (Å²) in [7, 11) is 0. The van der Waals surface area contributed by atoms with Gasteiger partial charge in [0.15, 0.2) is 0 Å². The molecule has 1 aliphatic rings. The molecule has 1 aliphatic heterocycles. The summed E-state index contributed by atoms with van der Waals surface area (Å²) in [5.74, 6) is 0.797. The van der Waals surface area contributed by atoms with E-state index in [2.05, 4.69) is 116 Å². The van der Waals surface area contributed by atoms with Crippen LogP contribution in [-0.2, 0) is 33.5 Å². The number of hydrogen-bond acceptors (Lipinski definition) is 2. The van der Waals surface area contributed by atoms with Crippen molar-refractivity contribution in [2.45, 2.75) is 137 Å². The van der Waals surface area contributed by atoms with Crippen molar-refractivity contribution in [3.05, 3.63) is 56.6 Å². The van der Waals surface area contributed by atoms with Crippen LogP contribution in [0.1, 0.15) is 153 Å². The van der Waals surface area contributed by atoms with Crippen LogP contribution in [0, 0.1) is 0 Å². The Morgan fingerprint density at radius 1 is 0.622 bits per heavy atom. The van der Waals surface area contributed by atoms with Crippen LogP contribution in [0.25, 0.3) is 0 Å². The lowest BCUT2D eigenvalue weighted by Crippen LogP contribution is -2.33. The van der Waals surface area contributed by atoms with Crippen molar-refractivity contribution in [2.75, 3.05) is 0 Å². The van der Waals surface area contributed by atoms with Gasteiger partial charge in [-0.2, -0.15) is 0 Å². The zero-order valence-electron chi connectivity index (χ0n) is 26.1. The highest BCUT2D eigenvalue weighted by molar-refractivity contribution is 5.95. The molecule has 0 atom stereocenters. The Balaban J connectivity index is 2.61. The number of benzene rings is 2. The van der Waals surface area contributed by atoms with Gasteiger partial charge in [-0.05, 0) is 49.3 Å². The Labute approximate surface area is 226 Å².